The van der Waals surface area contributed by atoms with Gasteiger partial charge in [-0.15, -0.1) is 24.5 Å². The van der Waals surface area contributed by atoms with E-state index < -0.39 is 11.9 Å². The van der Waals surface area contributed by atoms with E-state index in [-0.39, 0.29) is 27.6 Å². The Morgan fingerprint density at radius 1 is 0.760 bits per heavy atom. The number of rotatable bonds is 6. The number of hydrogen-bond donors (Lipinski definition) is 2. The van der Waals surface area contributed by atoms with Gasteiger partial charge in [0.25, 0.3) is 0 Å². The van der Waals surface area contributed by atoms with Gasteiger partial charge in [-0.1, -0.05) is 50.2 Å². The van der Waals surface area contributed by atoms with Crippen LogP contribution in [0.3, 0.4) is 0 Å². The van der Waals surface area contributed by atoms with Crippen molar-refractivity contribution in [1.82, 2.24) is 0 Å². The zero-order chi connectivity index (χ0) is 17.9. The molecule has 2 aromatic rings. The summed E-state index contributed by atoms with van der Waals surface area (Å²) in [5.41, 5.74) is 1.62. The molecule has 0 atom stereocenters. The van der Waals surface area contributed by atoms with Crippen LogP contribution in [0.1, 0.15) is 34.6 Å². The molecular formula is C18H20N2NiO4. The number of para-hydroxylation sites is 2. The van der Waals surface area contributed by atoms with Crippen LogP contribution in [0.15, 0.2) is 48.5 Å². The second-order valence-electron chi connectivity index (χ2n) is 4.59. The van der Waals surface area contributed by atoms with Crippen LogP contribution in [0.4, 0.5) is 11.4 Å². The van der Waals surface area contributed by atoms with E-state index in [2.05, 4.69) is 10.6 Å². The van der Waals surface area contributed by atoms with Gasteiger partial charge >= 0.3 is 28.4 Å². The van der Waals surface area contributed by atoms with Crippen LogP contribution in [0, 0.1) is 0 Å². The van der Waals surface area contributed by atoms with Crippen molar-refractivity contribution >= 4 is 23.3 Å². The first-order chi connectivity index (χ1) is 11.5. The van der Waals surface area contributed by atoms with E-state index in [0.29, 0.717) is 24.5 Å². The molecule has 2 N–H and O–H groups in total. The van der Waals surface area contributed by atoms with Crippen LogP contribution in [0.25, 0.3) is 10.6 Å². The first-order valence-corrected chi connectivity index (χ1v) is 7.50. The number of hydrogen-bond acceptors (Lipinski definition) is 2. The number of aromatic carboxylic acids is 2. The van der Waals surface area contributed by atoms with Crippen molar-refractivity contribution in [1.29, 1.82) is 0 Å². The summed E-state index contributed by atoms with van der Waals surface area (Å²) >= 11 is 0. The normalized spacial score (nSPS) is 9.04. The summed E-state index contributed by atoms with van der Waals surface area (Å²) in [6, 6.07) is 13.5. The molecule has 0 fully saturated rings. The van der Waals surface area contributed by atoms with E-state index >= 15 is 0 Å². The van der Waals surface area contributed by atoms with Crippen molar-refractivity contribution in [2.24, 2.45) is 0 Å². The zero-order valence-corrected chi connectivity index (χ0v) is 14.9. The quantitative estimate of drug-likeness (QED) is 0.694. The van der Waals surface area contributed by atoms with Crippen molar-refractivity contribution in [3.05, 3.63) is 70.3 Å². The van der Waals surface area contributed by atoms with Gasteiger partial charge in [0, 0.05) is 11.1 Å². The number of carboxylic acids is 2. The molecule has 0 saturated carbocycles. The molecular weight excluding hydrogens is 367 g/mol. The maximum absolute atomic E-state index is 10.6. The third kappa shape index (κ3) is 7.27. The Bertz CT molecular complexity index is 633. The van der Waals surface area contributed by atoms with Crippen molar-refractivity contribution in [2.75, 3.05) is 13.1 Å². The molecule has 6 nitrogen and oxygen atoms in total. The number of benzene rings is 2. The molecule has 2 aromatic carbocycles. The summed E-state index contributed by atoms with van der Waals surface area (Å²) < 4.78 is 0. The molecule has 0 bridgehead atoms. The minimum atomic E-state index is -0.928. The van der Waals surface area contributed by atoms with Gasteiger partial charge in [0.15, 0.2) is 0 Å². The smallest absolute Gasteiger partial charge is 0.684 e. The standard InChI is InChI=1S/2C9H10NO2.Ni/c2*1-2-10-8-6-4-3-5-7(8)9(11)12;/h2*3-6H,2H2,1H3,(H,11,12);/q2*-1;+2. The fourth-order valence-electron chi connectivity index (χ4n) is 1.93. The largest absolute Gasteiger partial charge is 2.00 e. The van der Waals surface area contributed by atoms with Crippen molar-refractivity contribution in [3.63, 3.8) is 0 Å². The molecule has 0 aliphatic rings. The van der Waals surface area contributed by atoms with Gasteiger partial charge in [-0.3, -0.25) is 0 Å². The van der Waals surface area contributed by atoms with Crippen LogP contribution < -0.4 is 0 Å². The molecule has 0 radical (unpaired) electrons. The minimum absolute atomic E-state index is 0. The molecule has 136 valence electrons. The van der Waals surface area contributed by atoms with E-state index in [4.69, 9.17) is 10.2 Å². The number of carbonyl (C=O) groups is 2. The summed E-state index contributed by atoms with van der Waals surface area (Å²) in [4.78, 5) is 21.3. The maximum Gasteiger partial charge on any atom is 2.00 e. The zero-order valence-electron chi connectivity index (χ0n) is 14.0. The van der Waals surface area contributed by atoms with Gasteiger partial charge < -0.3 is 20.8 Å². The van der Waals surface area contributed by atoms with Crippen molar-refractivity contribution < 1.29 is 36.3 Å². The number of carboxylic acid groups (broad SMARTS) is 2. The Balaban J connectivity index is 0.000000443. The molecule has 0 aromatic heterocycles. The number of nitrogens with zero attached hydrogens (tertiary/aromatic N) is 2. The Labute approximate surface area is 157 Å². The van der Waals surface area contributed by atoms with Crippen LogP contribution in [0.5, 0.6) is 0 Å². The predicted molar refractivity (Wildman–Crippen MR) is 93.9 cm³/mol. The Hall–Kier alpha value is -2.53. The molecule has 0 heterocycles. The van der Waals surface area contributed by atoms with Gasteiger partial charge in [0.05, 0.1) is 0 Å². The summed E-state index contributed by atoms with van der Waals surface area (Å²) in [6.07, 6.45) is 0. The fraction of sp³-hybridized carbons (Fsp3) is 0.222. The maximum atomic E-state index is 10.6. The molecule has 25 heavy (non-hydrogen) atoms. The molecule has 0 aliphatic heterocycles. The van der Waals surface area contributed by atoms with E-state index in [1.54, 1.807) is 48.5 Å². The van der Waals surface area contributed by atoms with Gasteiger partial charge in [0.1, 0.15) is 0 Å². The van der Waals surface area contributed by atoms with E-state index in [1.807, 2.05) is 13.8 Å². The Morgan fingerprint density at radius 3 is 1.36 bits per heavy atom. The third-order valence-electron chi connectivity index (χ3n) is 2.93. The summed E-state index contributed by atoms with van der Waals surface area (Å²) in [7, 11) is 0. The van der Waals surface area contributed by atoms with Gasteiger partial charge in [-0.2, -0.15) is 0 Å². The van der Waals surface area contributed by atoms with Crippen LogP contribution in [-0.4, -0.2) is 35.2 Å². The van der Waals surface area contributed by atoms with Gasteiger partial charge in [-0.05, 0) is 12.1 Å². The molecule has 0 unspecified atom stereocenters. The summed E-state index contributed by atoms with van der Waals surface area (Å²) in [6.45, 7) is 4.95. The Morgan fingerprint density at radius 2 is 1.08 bits per heavy atom. The predicted octanol–water partition coefficient (Wildman–Crippen LogP) is 4.82. The molecule has 0 amide bonds. The first kappa shape index (κ1) is 22.5. The van der Waals surface area contributed by atoms with Gasteiger partial charge in [-0.25, -0.2) is 9.59 Å². The summed E-state index contributed by atoms with van der Waals surface area (Å²) in [5.74, 6) is -1.86. The average Bonchev–Trinajstić information content (AvgIpc) is 2.57. The third-order valence-corrected chi connectivity index (χ3v) is 2.93. The second kappa shape index (κ2) is 11.9. The van der Waals surface area contributed by atoms with Gasteiger partial charge in [0.2, 0.25) is 0 Å². The SMILES string of the molecule is CC[N-]c1ccccc1C(=O)O.CC[N-]c1ccccc1C(=O)O.[Ni+2]. The second-order valence-corrected chi connectivity index (χ2v) is 4.59. The van der Waals surface area contributed by atoms with Crippen LogP contribution in [-0.2, 0) is 16.5 Å². The monoisotopic (exact) mass is 386 g/mol. The first-order valence-electron chi connectivity index (χ1n) is 7.50. The van der Waals surface area contributed by atoms with Crippen LogP contribution >= 0.6 is 0 Å². The van der Waals surface area contributed by atoms with Crippen molar-refractivity contribution in [3.8, 4) is 0 Å². The molecule has 0 spiro atoms. The molecule has 2 rings (SSSR count). The van der Waals surface area contributed by atoms with E-state index in [0.717, 1.165) is 0 Å². The molecule has 7 heteroatoms. The minimum Gasteiger partial charge on any atom is -0.684 e. The Kier molecular flexibility index (Phi) is 10.7. The fourth-order valence-corrected chi connectivity index (χ4v) is 1.93. The topological polar surface area (TPSA) is 103 Å². The molecule has 0 aliphatic carbocycles. The van der Waals surface area contributed by atoms with Crippen LogP contribution in [0.2, 0.25) is 0 Å². The van der Waals surface area contributed by atoms with E-state index in [9.17, 15) is 9.59 Å². The van der Waals surface area contributed by atoms with Crippen molar-refractivity contribution in [2.45, 2.75) is 13.8 Å². The van der Waals surface area contributed by atoms with E-state index in [1.165, 1.54) is 0 Å². The average molecular weight is 387 g/mol. The molecule has 0 saturated heterocycles. The summed E-state index contributed by atoms with van der Waals surface area (Å²) in [5, 5.41) is 25.6.